The fraction of sp³-hybridized carbons (Fsp3) is 0.222. The molecule has 2 aromatic rings. The number of nitrogens with one attached hydrogen (secondary N) is 1. The van der Waals surface area contributed by atoms with Crippen LogP contribution in [-0.2, 0) is 17.4 Å². The van der Waals surface area contributed by atoms with Crippen LogP contribution in [0.2, 0.25) is 0 Å². The molecule has 0 aromatic heterocycles. The fourth-order valence-electron chi connectivity index (χ4n) is 2.42. The summed E-state index contributed by atoms with van der Waals surface area (Å²) in [5, 5.41) is 2.47. The molecule has 0 atom stereocenters. The van der Waals surface area contributed by atoms with Crippen molar-refractivity contribution in [3.63, 3.8) is 0 Å². The van der Waals surface area contributed by atoms with E-state index in [-0.39, 0.29) is 34.7 Å². The predicted octanol–water partition coefficient (Wildman–Crippen LogP) is 3.00. The molecule has 2 amide bonds. The average molecular weight is 382 g/mol. The maximum absolute atomic E-state index is 12.8. The normalized spacial score (nSPS) is 11.0. The van der Waals surface area contributed by atoms with Crippen molar-refractivity contribution >= 4 is 17.5 Å². The second-order valence-corrected chi connectivity index (χ2v) is 5.54. The zero-order chi connectivity index (χ0) is 20.2. The molecule has 144 valence electrons. The van der Waals surface area contributed by atoms with E-state index in [0.29, 0.717) is 0 Å². The zero-order valence-corrected chi connectivity index (χ0v) is 14.5. The number of primary amides is 1. The molecular weight excluding hydrogens is 365 g/mol. The first-order valence-corrected chi connectivity index (χ1v) is 7.67. The molecule has 2 rings (SSSR count). The van der Waals surface area contributed by atoms with Crippen molar-refractivity contribution in [3.05, 3.63) is 53.1 Å². The highest BCUT2D eigenvalue weighted by molar-refractivity contribution is 6.04. The molecule has 0 aliphatic carbocycles. The summed E-state index contributed by atoms with van der Waals surface area (Å²) in [6.45, 7) is 0. The number of benzene rings is 2. The van der Waals surface area contributed by atoms with Crippen LogP contribution in [0, 0.1) is 0 Å². The number of hydrogen-bond acceptors (Lipinski definition) is 4. The summed E-state index contributed by atoms with van der Waals surface area (Å²) >= 11 is 0. The van der Waals surface area contributed by atoms with Gasteiger partial charge in [-0.05, 0) is 17.7 Å². The first kappa shape index (κ1) is 20.1. The lowest BCUT2D eigenvalue weighted by Gasteiger charge is -2.14. The van der Waals surface area contributed by atoms with Gasteiger partial charge in [0.2, 0.25) is 5.91 Å². The lowest BCUT2D eigenvalue weighted by Crippen LogP contribution is -2.20. The van der Waals surface area contributed by atoms with Gasteiger partial charge >= 0.3 is 6.18 Å². The number of hydrogen-bond donors (Lipinski definition) is 2. The van der Waals surface area contributed by atoms with Crippen molar-refractivity contribution in [2.45, 2.75) is 12.6 Å². The van der Waals surface area contributed by atoms with Crippen LogP contribution in [0.5, 0.6) is 11.5 Å². The minimum atomic E-state index is -4.50. The molecule has 0 fully saturated rings. The van der Waals surface area contributed by atoms with Crippen LogP contribution in [0.4, 0.5) is 18.9 Å². The standard InChI is InChI=1S/C18H17F3N2O4/c1-26-14-8-12(17(22)25)13(9-15(14)27-2)23-16(24)7-10-4-3-5-11(6-10)18(19,20)21/h3-6,8-9H,7H2,1-2H3,(H2,22,25)(H,23,24). The lowest BCUT2D eigenvalue weighted by molar-refractivity contribution is -0.137. The van der Waals surface area contributed by atoms with Gasteiger partial charge in [-0.25, -0.2) is 0 Å². The molecule has 3 N–H and O–H groups in total. The smallest absolute Gasteiger partial charge is 0.416 e. The molecule has 0 bridgehead atoms. The maximum atomic E-state index is 12.8. The van der Waals surface area contributed by atoms with Crippen LogP contribution in [0.15, 0.2) is 36.4 Å². The van der Waals surface area contributed by atoms with Gasteiger partial charge < -0.3 is 20.5 Å². The minimum absolute atomic E-state index is 0.0231. The molecule has 0 aliphatic rings. The summed E-state index contributed by atoms with van der Waals surface area (Å²) in [6, 6.07) is 7.09. The summed E-state index contributed by atoms with van der Waals surface area (Å²) in [6.07, 6.45) is -4.83. The molecule has 0 unspecified atom stereocenters. The van der Waals surface area contributed by atoms with Crippen molar-refractivity contribution in [2.75, 3.05) is 19.5 Å². The number of nitrogens with two attached hydrogens (primary N) is 1. The summed E-state index contributed by atoms with van der Waals surface area (Å²) in [4.78, 5) is 23.9. The summed E-state index contributed by atoms with van der Waals surface area (Å²) in [5.74, 6) is -0.951. The van der Waals surface area contributed by atoms with Crippen LogP contribution in [0.1, 0.15) is 21.5 Å². The Kier molecular flexibility index (Phi) is 5.94. The second kappa shape index (κ2) is 7.98. The van der Waals surface area contributed by atoms with Gasteiger partial charge in [0, 0.05) is 6.07 Å². The fourth-order valence-corrected chi connectivity index (χ4v) is 2.42. The Hall–Kier alpha value is -3.23. The Morgan fingerprint density at radius 3 is 2.26 bits per heavy atom. The third-order valence-electron chi connectivity index (χ3n) is 3.68. The summed E-state index contributed by atoms with van der Waals surface area (Å²) in [7, 11) is 2.74. The monoisotopic (exact) mass is 382 g/mol. The molecule has 2 aromatic carbocycles. The van der Waals surface area contributed by atoms with Gasteiger partial charge in [-0.3, -0.25) is 9.59 Å². The SMILES string of the molecule is COc1cc(NC(=O)Cc2cccc(C(F)(F)F)c2)c(C(N)=O)cc1OC. The van der Waals surface area contributed by atoms with E-state index >= 15 is 0 Å². The molecule has 6 nitrogen and oxygen atoms in total. The first-order chi connectivity index (χ1) is 12.7. The average Bonchev–Trinajstić information content (AvgIpc) is 2.60. The number of anilines is 1. The van der Waals surface area contributed by atoms with Gasteiger partial charge in [-0.15, -0.1) is 0 Å². The number of alkyl halides is 3. The molecule has 0 aliphatic heterocycles. The number of rotatable bonds is 6. The molecule has 9 heteroatoms. The molecular formula is C18H17F3N2O4. The number of methoxy groups -OCH3 is 2. The van der Waals surface area contributed by atoms with E-state index in [2.05, 4.69) is 5.32 Å². The molecule has 0 saturated carbocycles. The largest absolute Gasteiger partial charge is 0.493 e. The second-order valence-electron chi connectivity index (χ2n) is 5.54. The van der Waals surface area contributed by atoms with Crippen LogP contribution in [-0.4, -0.2) is 26.0 Å². The van der Waals surface area contributed by atoms with E-state index in [1.165, 1.54) is 38.5 Å². The van der Waals surface area contributed by atoms with Gasteiger partial charge in [0.25, 0.3) is 5.91 Å². The van der Waals surface area contributed by atoms with Gasteiger partial charge in [-0.2, -0.15) is 13.2 Å². The maximum Gasteiger partial charge on any atom is 0.416 e. The van der Waals surface area contributed by atoms with Crippen LogP contribution >= 0.6 is 0 Å². The van der Waals surface area contributed by atoms with Gasteiger partial charge in [-0.1, -0.05) is 18.2 Å². The Bertz CT molecular complexity index is 866. The number of halogens is 3. The molecule has 0 spiro atoms. The van der Waals surface area contributed by atoms with Crippen molar-refractivity contribution in [3.8, 4) is 11.5 Å². The number of carbonyl (C=O) groups excluding carboxylic acids is 2. The van der Waals surface area contributed by atoms with Crippen molar-refractivity contribution in [1.29, 1.82) is 0 Å². The first-order valence-electron chi connectivity index (χ1n) is 7.67. The van der Waals surface area contributed by atoms with Gasteiger partial charge in [0.1, 0.15) is 0 Å². The topological polar surface area (TPSA) is 90.6 Å². The minimum Gasteiger partial charge on any atom is -0.493 e. The highest BCUT2D eigenvalue weighted by Gasteiger charge is 2.30. The van der Waals surface area contributed by atoms with Crippen LogP contribution in [0.25, 0.3) is 0 Å². The van der Waals surface area contributed by atoms with Crippen LogP contribution in [0.3, 0.4) is 0 Å². The Labute approximate surface area is 153 Å². The predicted molar refractivity (Wildman–Crippen MR) is 91.8 cm³/mol. The highest BCUT2D eigenvalue weighted by atomic mass is 19.4. The lowest BCUT2D eigenvalue weighted by atomic mass is 10.1. The van der Waals surface area contributed by atoms with Crippen molar-refractivity contribution in [2.24, 2.45) is 5.73 Å². The molecule has 0 heterocycles. The molecule has 0 saturated heterocycles. The third-order valence-corrected chi connectivity index (χ3v) is 3.68. The third kappa shape index (κ3) is 4.90. The van der Waals surface area contributed by atoms with Crippen molar-refractivity contribution in [1.82, 2.24) is 0 Å². The molecule has 27 heavy (non-hydrogen) atoms. The summed E-state index contributed by atoms with van der Waals surface area (Å²) in [5.41, 5.74) is 4.68. The van der Waals surface area contributed by atoms with E-state index in [1.807, 2.05) is 0 Å². The van der Waals surface area contributed by atoms with E-state index in [0.717, 1.165) is 12.1 Å². The van der Waals surface area contributed by atoms with E-state index < -0.39 is 23.6 Å². The van der Waals surface area contributed by atoms with E-state index in [4.69, 9.17) is 15.2 Å². The summed E-state index contributed by atoms with van der Waals surface area (Å²) < 4.78 is 48.5. The van der Waals surface area contributed by atoms with Gasteiger partial charge in [0.15, 0.2) is 11.5 Å². The Morgan fingerprint density at radius 1 is 1.07 bits per heavy atom. The number of ether oxygens (including phenoxy) is 2. The van der Waals surface area contributed by atoms with E-state index in [9.17, 15) is 22.8 Å². The Balaban J connectivity index is 2.26. The molecule has 0 radical (unpaired) electrons. The number of amides is 2. The number of carbonyl (C=O) groups is 2. The Morgan fingerprint density at radius 2 is 1.70 bits per heavy atom. The highest BCUT2D eigenvalue weighted by Crippen LogP contribution is 2.33. The zero-order valence-electron chi connectivity index (χ0n) is 14.5. The van der Waals surface area contributed by atoms with Gasteiger partial charge in [0.05, 0.1) is 37.5 Å². The van der Waals surface area contributed by atoms with Crippen LogP contribution < -0.4 is 20.5 Å². The van der Waals surface area contributed by atoms with Crippen molar-refractivity contribution < 1.29 is 32.2 Å². The van der Waals surface area contributed by atoms with E-state index in [1.54, 1.807) is 0 Å². The quantitative estimate of drug-likeness (QED) is 0.804.